The summed E-state index contributed by atoms with van der Waals surface area (Å²) >= 11 is 0. The predicted octanol–water partition coefficient (Wildman–Crippen LogP) is 2.67. The zero-order valence-electron chi connectivity index (χ0n) is 12.1. The van der Waals surface area contributed by atoms with Gasteiger partial charge in [-0.15, -0.1) is 0 Å². The van der Waals surface area contributed by atoms with Gasteiger partial charge in [0.25, 0.3) is 0 Å². The first kappa shape index (κ1) is 13.9. The van der Waals surface area contributed by atoms with E-state index in [4.69, 9.17) is 5.11 Å². The van der Waals surface area contributed by atoms with Gasteiger partial charge in [-0.1, -0.05) is 19.3 Å². The van der Waals surface area contributed by atoms with Gasteiger partial charge in [0.2, 0.25) is 5.91 Å². The Hall–Kier alpha value is -1.06. The van der Waals surface area contributed by atoms with E-state index in [0.29, 0.717) is 18.3 Å². The Morgan fingerprint density at radius 1 is 1.00 bits per heavy atom. The number of aliphatic carboxylic acids is 1. The highest BCUT2D eigenvalue weighted by Crippen LogP contribution is 2.44. The highest BCUT2D eigenvalue weighted by atomic mass is 16.4. The Morgan fingerprint density at radius 2 is 1.70 bits per heavy atom. The van der Waals surface area contributed by atoms with E-state index < -0.39 is 5.97 Å². The largest absolute Gasteiger partial charge is 0.481 e. The van der Waals surface area contributed by atoms with Crippen LogP contribution in [0.15, 0.2) is 0 Å². The Labute approximate surface area is 120 Å². The Bertz CT molecular complexity index is 401. The summed E-state index contributed by atoms with van der Waals surface area (Å²) in [6, 6.07) is 0. The number of carbonyl (C=O) groups is 2. The summed E-state index contributed by atoms with van der Waals surface area (Å²) < 4.78 is 0. The molecule has 3 fully saturated rings. The summed E-state index contributed by atoms with van der Waals surface area (Å²) in [6.07, 6.45) is 9.67. The smallest absolute Gasteiger partial charge is 0.306 e. The molecule has 0 aromatic heterocycles. The van der Waals surface area contributed by atoms with Crippen LogP contribution in [0.2, 0.25) is 0 Å². The maximum Gasteiger partial charge on any atom is 0.306 e. The molecule has 4 heteroatoms. The number of amides is 1. The van der Waals surface area contributed by atoms with Gasteiger partial charge in [-0.3, -0.25) is 9.59 Å². The van der Waals surface area contributed by atoms with Gasteiger partial charge in [0.15, 0.2) is 0 Å². The van der Waals surface area contributed by atoms with Crippen LogP contribution in [0.3, 0.4) is 0 Å². The molecule has 2 atom stereocenters. The van der Waals surface area contributed by atoms with Crippen molar-refractivity contribution in [3.05, 3.63) is 0 Å². The third-order valence-electron chi connectivity index (χ3n) is 5.80. The van der Waals surface area contributed by atoms with Crippen molar-refractivity contribution in [1.29, 1.82) is 0 Å². The predicted molar refractivity (Wildman–Crippen MR) is 75.2 cm³/mol. The highest BCUT2D eigenvalue weighted by molar-refractivity contribution is 5.81. The molecule has 3 rings (SSSR count). The minimum atomic E-state index is -0.731. The first-order chi connectivity index (χ1) is 9.60. The molecule has 1 spiro atoms. The summed E-state index contributed by atoms with van der Waals surface area (Å²) in [4.78, 5) is 25.6. The molecule has 4 nitrogen and oxygen atoms in total. The van der Waals surface area contributed by atoms with Crippen LogP contribution < -0.4 is 0 Å². The fourth-order valence-corrected chi connectivity index (χ4v) is 4.52. The average Bonchev–Trinajstić information content (AvgIpc) is 3.07. The van der Waals surface area contributed by atoms with Crippen molar-refractivity contribution in [1.82, 2.24) is 4.90 Å². The summed E-state index contributed by atoms with van der Waals surface area (Å²) in [7, 11) is 0. The van der Waals surface area contributed by atoms with Gasteiger partial charge in [0.05, 0.1) is 5.92 Å². The maximum atomic E-state index is 12.6. The average molecular weight is 279 g/mol. The van der Waals surface area contributed by atoms with Gasteiger partial charge < -0.3 is 10.0 Å². The number of nitrogens with zero attached hydrogens (tertiary/aromatic N) is 1. The van der Waals surface area contributed by atoms with E-state index in [-0.39, 0.29) is 17.7 Å². The van der Waals surface area contributed by atoms with Crippen LogP contribution in [0.5, 0.6) is 0 Å². The SMILES string of the molecule is O=C(O)[C@@H]1CC[C@H](C(=O)N2CCC3(CCCCC3)C2)C1. The fourth-order valence-electron chi connectivity index (χ4n) is 4.52. The van der Waals surface area contributed by atoms with E-state index in [0.717, 1.165) is 25.9 Å². The molecular formula is C16H25NO3. The van der Waals surface area contributed by atoms with Crippen LogP contribution in [-0.2, 0) is 9.59 Å². The topological polar surface area (TPSA) is 57.6 Å². The zero-order valence-corrected chi connectivity index (χ0v) is 12.1. The van der Waals surface area contributed by atoms with Gasteiger partial charge in [-0.2, -0.15) is 0 Å². The lowest BCUT2D eigenvalue weighted by molar-refractivity contribution is -0.141. The molecule has 20 heavy (non-hydrogen) atoms. The number of hydrogen-bond donors (Lipinski definition) is 1. The molecule has 0 aromatic rings. The fraction of sp³-hybridized carbons (Fsp3) is 0.875. The van der Waals surface area contributed by atoms with Gasteiger partial charge in [-0.25, -0.2) is 0 Å². The first-order valence-corrected chi connectivity index (χ1v) is 8.11. The monoisotopic (exact) mass is 279 g/mol. The van der Waals surface area contributed by atoms with E-state index >= 15 is 0 Å². The third kappa shape index (κ3) is 2.57. The molecule has 0 aromatic carbocycles. The van der Waals surface area contributed by atoms with Crippen molar-refractivity contribution in [3.8, 4) is 0 Å². The van der Waals surface area contributed by atoms with Crippen LogP contribution in [0, 0.1) is 17.3 Å². The van der Waals surface area contributed by atoms with E-state index in [1.807, 2.05) is 4.90 Å². The van der Waals surface area contributed by atoms with E-state index in [2.05, 4.69) is 0 Å². The highest BCUT2D eigenvalue weighted by Gasteiger charge is 2.43. The minimum Gasteiger partial charge on any atom is -0.481 e. The van der Waals surface area contributed by atoms with E-state index in [1.165, 1.54) is 32.1 Å². The molecule has 0 unspecified atom stereocenters. The number of carboxylic acids is 1. The third-order valence-corrected chi connectivity index (χ3v) is 5.80. The molecule has 2 aliphatic carbocycles. The normalized spacial score (nSPS) is 32.7. The number of hydrogen-bond acceptors (Lipinski definition) is 2. The number of carbonyl (C=O) groups excluding carboxylic acids is 1. The molecule has 1 heterocycles. The van der Waals surface area contributed by atoms with Crippen LogP contribution >= 0.6 is 0 Å². The van der Waals surface area contributed by atoms with Crippen LogP contribution in [0.4, 0.5) is 0 Å². The Morgan fingerprint density at radius 3 is 2.35 bits per heavy atom. The van der Waals surface area contributed by atoms with Gasteiger partial charge in [0, 0.05) is 19.0 Å². The van der Waals surface area contributed by atoms with Gasteiger partial charge in [-0.05, 0) is 43.9 Å². The number of rotatable bonds is 2. The van der Waals surface area contributed by atoms with Crippen LogP contribution in [0.1, 0.15) is 57.8 Å². The molecule has 1 amide bonds. The Kier molecular flexibility index (Phi) is 3.74. The quantitative estimate of drug-likeness (QED) is 0.845. The van der Waals surface area contributed by atoms with Crippen LogP contribution in [-0.4, -0.2) is 35.0 Å². The Balaban J connectivity index is 1.58. The van der Waals surface area contributed by atoms with Crippen molar-refractivity contribution in [2.75, 3.05) is 13.1 Å². The van der Waals surface area contributed by atoms with Crippen LogP contribution in [0.25, 0.3) is 0 Å². The summed E-state index contributed by atoms with van der Waals surface area (Å²) in [5.74, 6) is -0.827. The standard InChI is InChI=1S/C16H25NO3/c18-14(12-4-5-13(10-12)15(19)20)17-9-8-16(11-17)6-2-1-3-7-16/h12-13H,1-11H2,(H,19,20)/t12-,13+/m0/s1. The number of likely N-dealkylation sites (tertiary alicyclic amines) is 1. The van der Waals surface area contributed by atoms with E-state index in [1.54, 1.807) is 0 Å². The lowest BCUT2D eigenvalue weighted by atomic mass is 9.73. The molecule has 0 bridgehead atoms. The molecule has 112 valence electrons. The minimum absolute atomic E-state index is 0.0326. The van der Waals surface area contributed by atoms with Crippen molar-refractivity contribution < 1.29 is 14.7 Å². The lowest BCUT2D eigenvalue weighted by Crippen LogP contribution is -2.36. The first-order valence-electron chi connectivity index (χ1n) is 8.11. The lowest BCUT2D eigenvalue weighted by Gasteiger charge is -2.33. The van der Waals surface area contributed by atoms with E-state index in [9.17, 15) is 9.59 Å². The van der Waals surface area contributed by atoms with Crippen molar-refractivity contribution in [3.63, 3.8) is 0 Å². The second kappa shape index (κ2) is 5.38. The molecule has 3 aliphatic rings. The zero-order chi connectivity index (χ0) is 14.2. The molecule has 0 radical (unpaired) electrons. The summed E-state index contributed by atoms with van der Waals surface area (Å²) in [6.45, 7) is 1.83. The van der Waals surface area contributed by atoms with Crippen molar-refractivity contribution in [2.45, 2.75) is 57.8 Å². The van der Waals surface area contributed by atoms with Gasteiger partial charge >= 0.3 is 5.97 Å². The number of carboxylic acid groups (broad SMARTS) is 1. The molecule has 2 saturated carbocycles. The molecule has 1 aliphatic heterocycles. The van der Waals surface area contributed by atoms with Gasteiger partial charge in [0.1, 0.15) is 0 Å². The second-order valence-corrected chi connectivity index (χ2v) is 7.12. The molecule has 1 saturated heterocycles. The summed E-state index contributed by atoms with van der Waals surface area (Å²) in [5, 5.41) is 9.05. The molecular weight excluding hydrogens is 254 g/mol. The maximum absolute atomic E-state index is 12.6. The van der Waals surface area contributed by atoms with Crippen molar-refractivity contribution in [2.24, 2.45) is 17.3 Å². The van der Waals surface area contributed by atoms with Crippen molar-refractivity contribution >= 4 is 11.9 Å². The second-order valence-electron chi connectivity index (χ2n) is 7.12. The molecule has 1 N–H and O–H groups in total. The summed E-state index contributed by atoms with van der Waals surface area (Å²) in [5.41, 5.74) is 0.402.